The molecule has 1 N–H and O–H groups in total. The van der Waals surface area contributed by atoms with Crippen LogP contribution in [0.1, 0.15) is 32.0 Å². The second-order valence-electron chi connectivity index (χ2n) is 6.09. The van der Waals surface area contributed by atoms with Crippen molar-refractivity contribution in [2.75, 3.05) is 0 Å². The van der Waals surface area contributed by atoms with Crippen molar-refractivity contribution in [1.82, 2.24) is 19.8 Å². The van der Waals surface area contributed by atoms with E-state index in [1.54, 1.807) is 4.63 Å². The highest BCUT2D eigenvalue weighted by Crippen LogP contribution is 2.31. The zero-order valence-electron chi connectivity index (χ0n) is 12.0. The molecule has 1 aromatic carbocycles. The molecular weight excluding hydrogens is 272 g/mol. The summed E-state index contributed by atoms with van der Waals surface area (Å²) < 4.78 is 1.58. The molecule has 0 unspecified atom stereocenters. The SMILES string of the molecule is Cc1ccc(-c2nn3nc(C(C)(C)C)c(Cl)c3[nH]2)cc1. The van der Waals surface area contributed by atoms with E-state index in [1.807, 2.05) is 12.1 Å². The summed E-state index contributed by atoms with van der Waals surface area (Å²) in [5.41, 5.74) is 3.74. The molecule has 104 valence electrons. The minimum Gasteiger partial charge on any atom is -0.320 e. The molecule has 2 aromatic heterocycles. The number of aryl methyl sites for hydroxylation is 1. The average Bonchev–Trinajstić information content (AvgIpc) is 2.90. The van der Waals surface area contributed by atoms with Crippen LogP contribution in [0.25, 0.3) is 17.0 Å². The first-order valence-electron chi connectivity index (χ1n) is 6.58. The maximum Gasteiger partial charge on any atom is 0.175 e. The summed E-state index contributed by atoms with van der Waals surface area (Å²) in [6.07, 6.45) is 0. The normalized spacial score (nSPS) is 12.2. The van der Waals surface area contributed by atoms with Gasteiger partial charge >= 0.3 is 0 Å². The molecule has 0 amide bonds. The Kier molecular flexibility index (Phi) is 2.87. The zero-order chi connectivity index (χ0) is 14.5. The summed E-state index contributed by atoms with van der Waals surface area (Å²) in [5, 5.41) is 9.60. The number of aromatic nitrogens is 4. The van der Waals surface area contributed by atoms with Crippen LogP contribution >= 0.6 is 11.6 Å². The Hall–Kier alpha value is -1.81. The van der Waals surface area contributed by atoms with Gasteiger partial charge < -0.3 is 4.98 Å². The van der Waals surface area contributed by atoms with Gasteiger partial charge in [0.1, 0.15) is 5.02 Å². The van der Waals surface area contributed by atoms with E-state index in [0.29, 0.717) is 5.02 Å². The number of nitrogens with one attached hydrogen (secondary N) is 1. The number of aromatic amines is 1. The van der Waals surface area contributed by atoms with Crippen molar-refractivity contribution in [3.63, 3.8) is 0 Å². The first-order valence-corrected chi connectivity index (χ1v) is 6.96. The lowest BCUT2D eigenvalue weighted by molar-refractivity contribution is 0.557. The van der Waals surface area contributed by atoms with E-state index in [0.717, 1.165) is 22.7 Å². The molecule has 0 saturated heterocycles. The van der Waals surface area contributed by atoms with Crippen LogP contribution in [-0.2, 0) is 5.41 Å². The van der Waals surface area contributed by atoms with Crippen LogP contribution in [0.15, 0.2) is 24.3 Å². The molecule has 0 fully saturated rings. The fourth-order valence-corrected chi connectivity index (χ4v) is 2.56. The number of hydrogen-bond acceptors (Lipinski definition) is 2. The van der Waals surface area contributed by atoms with Gasteiger partial charge in [0.25, 0.3) is 0 Å². The summed E-state index contributed by atoms with van der Waals surface area (Å²) in [6, 6.07) is 8.18. The van der Waals surface area contributed by atoms with Crippen molar-refractivity contribution in [2.45, 2.75) is 33.1 Å². The number of benzene rings is 1. The van der Waals surface area contributed by atoms with Crippen LogP contribution in [0, 0.1) is 6.92 Å². The van der Waals surface area contributed by atoms with Gasteiger partial charge in [-0.3, -0.25) is 0 Å². The highest BCUT2D eigenvalue weighted by atomic mass is 35.5. The molecule has 20 heavy (non-hydrogen) atoms. The van der Waals surface area contributed by atoms with Gasteiger partial charge in [0.15, 0.2) is 11.5 Å². The largest absolute Gasteiger partial charge is 0.320 e. The van der Waals surface area contributed by atoms with Crippen molar-refractivity contribution in [3.8, 4) is 11.4 Å². The van der Waals surface area contributed by atoms with Crippen LogP contribution in [0.5, 0.6) is 0 Å². The first kappa shape index (κ1) is 13.2. The van der Waals surface area contributed by atoms with Crippen molar-refractivity contribution < 1.29 is 0 Å². The Labute approximate surface area is 122 Å². The van der Waals surface area contributed by atoms with Gasteiger partial charge in [-0.1, -0.05) is 62.2 Å². The third-order valence-corrected chi connectivity index (χ3v) is 3.64. The fourth-order valence-electron chi connectivity index (χ4n) is 2.12. The van der Waals surface area contributed by atoms with Crippen LogP contribution in [0.2, 0.25) is 5.02 Å². The summed E-state index contributed by atoms with van der Waals surface area (Å²) in [6.45, 7) is 8.32. The van der Waals surface area contributed by atoms with E-state index in [2.05, 4.69) is 55.0 Å². The highest BCUT2D eigenvalue weighted by Gasteiger charge is 2.25. The molecule has 0 atom stereocenters. The molecular formula is C15H17ClN4. The molecule has 0 spiro atoms. The number of hydrogen-bond donors (Lipinski definition) is 1. The van der Waals surface area contributed by atoms with E-state index < -0.39 is 0 Å². The summed E-state index contributed by atoms with van der Waals surface area (Å²) in [5.74, 6) is 0.773. The smallest absolute Gasteiger partial charge is 0.175 e. The predicted molar refractivity (Wildman–Crippen MR) is 81.2 cm³/mol. The lowest BCUT2D eigenvalue weighted by Crippen LogP contribution is -2.12. The number of halogens is 1. The van der Waals surface area contributed by atoms with Gasteiger partial charge in [-0.2, -0.15) is 5.10 Å². The molecule has 0 aliphatic heterocycles. The van der Waals surface area contributed by atoms with Crippen LogP contribution in [-0.4, -0.2) is 19.8 Å². The van der Waals surface area contributed by atoms with Crippen molar-refractivity contribution >= 4 is 17.2 Å². The molecule has 3 aromatic rings. The van der Waals surface area contributed by atoms with Gasteiger partial charge in [0.2, 0.25) is 0 Å². The zero-order valence-corrected chi connectivity index (χ0v) is 12.8. The van der Waals surface area contributed by atoms with Crippen molar-refractivity contribution in [1.29, 1.82) is 0 Å². The highest BCUT2D eigenvalue weighted by molar-refractivity contribution is 6.34. The van der Waals surface area contributed by atoms with E-state index in [-0.39, 0.29) is 5.41 Å². The Morgan fingerprint density at radius 1 is 1.10 bits per heavy atom. The molecule has 4 nitrogen and oxygen atoms in total. The third kappa shape index (κ3) is 2.10. The second kappa shape index (κ2) is 4.35. The third-order valence-electron chi connectivity index (χ3n) is 3.28. The lowest BCUT2D eigenvalue weighted by atomic mass is 9.92. The average molecular weight is 289 g/mol. The number of nitrogens with zero attached hydrogens (tertiary/aromatic N) is 3. The summed E-state index contributed by atoms with van der Waals surface area (Å²) in [7, 11) is 0. The Balaban J connectivity index is 2.11. The fraction of sp³-hybridized carbons (Fsp3) is 0.333. The standard InChI is InChI=1S/C15H17ClN4/c1-9-5-7-10(8-6-9)13-17-14-11(16)12(15(2,3)4)18-20(14)19-13/h5-8H,1-4H3,(H,17,19). The summed E-state index contributed by atoms with van der Waals surface area (Å²) >= 11 is 6.41. The van der Waals surface area contributed by atoms with Crippen LogP contribution in [0.4, 0.5) is 0 Å². The molecule has 0 bridgehead atoms. The van der Waals surface area contributed by atoms with Gasteiger partial charge in [0.05, 0.1) is 5.69 Å². The van der Waals surface area contributed by atoms with Gasteiger partial charge in [-0.05, 0) is 6.92 Å². The number of rotatable bonds is 1. The first-order chi connectivity index (χ1) is 9.36. The molecule has 0 aliphatic rings. The minimum atomic E-state index is -0.102. The van der Waals surface area contributed by atoms with E-state index >= 15 is 0 Å². The Morgan fingerprint density at radius 3 is 2.30 bits per heavy atom. The van der Waals surface area contributed by atoms with Gasteiger partial charge in [0, 0.05) is 11.0 Å². The molecule has 0 aliphatic carbocycles. The van der Waals surface area contributed by atoms with Crippen LogP contribution < -0.4 is 0 Å². The minimum absolute atomic E-state index is 0.102. The molecule has 0 radical (unpaired) electrons. The Morgan fingerprint density at radius 2 is 1.75 bits per heavy atom. The van der Waals surface area contributed by atoms with E-state index in [9.17, 15) is 0 Å². The number of fused-ring (bicyclic) bond motifs is 1. The molecule has 3 rings (SSSR count). The topological polar surface area (TPSA) is 46.0 Å². The second-order valence-corrected chi connectivity index (χ2v) is 6.47. The van der Waals surface area contributed by atoms with Crippen molar-refractivity contribution in [3.05, 3.63) is 40.5 Å². The monoisotopic (exact) mass is 288 g/mol. The maximum absolute atomic E-state index is 6.41. The van der Waals surface area contributed by atoms with Crippen LogP contribution in [0.3, 0.4) is 0 Å². The van der Waals surface area contributed by atoms with Gasteiger partial charge in [-0.25, -0.2) is 0 Å². The molecule has 0 saturated carbocycles. The summed E-state index contributed by atoms with van der Waals surface area (Å²) in [4.78, 5) is 3.25. The van der Waals surface area contributed by atoms with Crippen molar-refractivity contribution in [2.24, 2.45) is 0 Å². The van der Waals surface area contributed by atoms with Gasteiger partial charge in [-0.15, -0.1) is 9.73 Å². The molecule has 2 heterocycles. The number of H-pyrrole nitrogens is 1. The lowest BCUT2D eigenvalue weighted by Gasteiger charge is -2.14. The molecule has 5 heteroatoms. The quantitative estimate of drug-likeness (QED) is 0.736. The van der Waals surface area contributed by atoms with E-state index in [1.165, 1.54) is 5.56 Å². The Bertz CT molecular complexity index is 760. The van der Waals surface area contributed by atoms with E-state index in [4.69, 9.17) is 11.6 Å². The maximum atomic E-state index is 6.41. The predicted octanol–water partition coefficient (Wildman–Crippen LogP) is 3.98.